The van der Waals surface area contributed by atoms with Crippen molar-refractivity contribution < 1.29 is 4.79 Å². The molecule has 0 aromatic carbocycles. The molecule has 1 fully saturated rings. The molecular weight excluding hydrogens is 164 g/mol. The van der Waals surface area contributed by atoms with E-state index in [0.29, 0.717) is 17.9 Å². The molecule has 0 aromatic heterocycles. The third kappa shape index (κ3) is 2.99. The fraction of sp³-hybridized carbons (Fsp3) is 0.900. The number of hydrogen-bond donors (Lipinski definition) is 1. The van der Waals surface area contributed by atoms with Crippen molar-refractivity contribution in [3.8, 4) is 0 Å². The average molecular weight is 184 g/mol. The number of likely N-dealkylation sites (tertiary alicyclic amines) is 1. The quantitative estimate of drug-likeness (QED) is 0.702. The molecule has 3 nitrogen and oxygen atoms in total. The van der Waals surface area contributed by atoms with Gasteiger partial charge >= 0.3 is 0 Å². The molecule has 76 valence electrons. The molecule has 0 spiro atoms. The van der Waals surface area contributed by atoms with Crippen LogP contribution in [0.3, 0.4) is 0 Å². The summed E-state index contributed by atoms with van der Waals surface area (Å²) in [6, 6.07) is 0.416. The molecule has 1 N–H and O–H groups in total. The van der Waals surface area contributed by atoms with Crippen LogP contribution >= 0.6 is 0 Å². The molecule has 1 rings (SSSR count). The first kappa shape index (κ1) is 10.5. The van der Waals surface area contributed by atoms with Crippen LogP contribution in [0.15, 0.2) is 0 Å². The Morgan fingerprint density at radius 2 is 2.38 bits per heavy atom. The molecule has 0 bridgehead atoms. The van der Waals surface area contributed by atoms with E-state index in [1.54, 1.807) is 0 Å². The lowest BCUT2D eigenvalue weighted by atomic mass is 10.2. The van der Waals surface area contributed by atoms with Gasteiger partial charge in [-0.2, -0.15) is 0 Å². The first-order valence-corrected chi connectivity index (χ1v) is 5.14. The van der Waals surface area contributed by atoms with Gasteiger partial charge in [0.2, 0.25) is 5.91 Å². The highest BCUT2D eigenvalue weighted by Gasteiger charge is 2.26. The fourth-order valence-electron chi connectivity index (χ4n) is 1.89. The summed E-state index contributed by atoms with van der Waals surface area (Å²) in [4.78, 5) is 13.4. The van der Waals surface area contributed by atoms with Crippen molar-refractivity contribution in [3.63, 3.8) is 0 Å². The summed E-state index contributed by atoms with van der Waals surface area (Å²) in [5.74, 6) is 0.860. The molecule has 2 atom stereocenters. The summed E-state index contributed by atoms with van der Waals surface area (Å²) in [5, 5.41) is 3.31. The summed E-state index contributed by atoms with van der Waals surface area (Å²) >= 11 is 0. The van der Waals surface area contributed by atoms with Gasteiger partial charge in [-0.3, -0.25) is 4.79 Å². The Hall–Kier alpha value is -0.570. The molecule has 1 aliphatic heterocycles. The molecule has 0 radical (unpaired) electrons. The Labute approximate surface area is 80.5 Å². The minimum Gasteiger partial charge on any atom is -0.341 e. The predicted molar refractivity (Wildman–Crippen MR) is 53.5 cm³/mol. The van der Waals surface area contributed by atoms with Crippen molar-refractivity contribution in [1.29, 1.82) is 0 Å². The number of carbonyl (C=O) groups is 1. The van der Waals surface area contributed by atoms with E-state index in [2.05, 4.69) is 26.1 Å². The predicted octanol–water partition coefficient (Wildman–Crippen LogP) is 0.853. The second-order valence-corrected chi connectivity index (χ2v) is 4.07. The summed E-state index contributed by atoms with van der Waals surface area (Å²) in [5.41, 5.74) is 0. The maximum absolute atomic E-state index is 11.4. The Morgan fingerprint density at radius 1 is 1.69 bits per heavy atom. The topological polar surface area (TPSA) is 32.3 Å². The highest BCUT2D eigenvalue weighted by atomic mass is 16.2. The van der Waals surface area contributed by atoms with E-state index in [4.69, 9.17) is 0 Å². The molecule has 1 aliphatic rings. The largest absolute Gasteiger partial charge is 0.341 e. The van der Waals surface area contributed by atoms with E-state index in [1.807, 2.05) is 4.90 Å². The monoisotopic (exact) mass is 184 g/mol. The normalized spacial score (nSPS) is 25.3. The minimum absolute atomic E-state index is 0.317. The molecule has 2 unspecified atom stereocenters. The second kappa shape index (κ2) is 4.61. The number of likely N-dealkylation sites (N-methyl/N-ethyl adjacent to an activating group) is 1. The maximum Gasteiger partial charge on any atom is 0.222 e. The lowest BCUT2D eigenvalue weighted by molar-refractivity contribution is -0.128. The number of nitrogens with one attached hydrogen (secondary N) is 1. The zero-order chi connectivity index (χ0) is 9.84. The van der Waals surface area contributed by atoms with Crippen LogP contribution in [0.1, 0.15) is 27.2 Å². The van der Waals surface area contributed by atoms with Gasteiger partial charge < -0.3 is 10.2 Å². The van der Waals surface area contributed by atoms with E-state index in [-0.39, 0.29) is 0 Å². The van der Waals surface area contributed by atoms with E-state index in [1.165, 1.54) is 0 Å². The van der Waals surface area contributed by atoms with E-state index in [9.17, 15) is 4.79 Å². The fourth-order valence-corrected chi connectivity index (χ4v) is 1.89. The zero-order valence-electron chi connectivity index (χ0n) is 8.84. The van der Waals surface area contributed by atoms with Crippen LogP contribution in [0, 0.1) is 5.92 Å². The number of amides is 1. The highest BCUT2D eigenvalue weighted by molar-refractivity contribution is 5.78. The van der Waals surface area contributed by atoms with Crippen LogP contribution < -0.4 is 5.32 Å². The van der Waals surface area contributed by atoms with Gasteiger partial charge in [-0.25, -0.2) is 0 Å². The zero-order valence-corrected chi connectivity index (χ0v) is 8.84. The van der Waals surface area contributed by atoms with Gasteiger partial charge in [0.1, 0.15) is 0 Å². The molecular formula is C10H20N2O. The Kier molecular flexibility index (Phi) is 3.72. The van der Waals surface area contributed by atoms with Gasteiger partial charge in [0.15, 0.2) is 0 Å². The van der Waals surface area contributed by atoms with Crippen molar-refractivity contribution in [3.05, 3.63) is 0 Å². The Bertz CT molecular complexity index is 182. The van der Waals surface area contributed by atoms with Crippen molar-refractivity contribution in [1.82, 2.24) is 10.2 Å². The summed E-state index contributed by atoms with van der Waals surface area (Å²) in [6.45, 7) is 9.12. The van der Waals surface area contributed by atoms with Crippen LogP contribution in [-0.4, -0.2) is 36.5 Å². The molecule has 3 heteroatoms. The maximum atomic E-state index is 11.4. The first-order chi connectivity index (χ1) is 6.13. The van der Waals surface area contributed by atoms with Gasteiger partial charge in [-0.15, -0.1) is 0 Å². The van der Waals surface area contributed by atoms with Crippen LogP contribution in [0.5, 0.6) is 0 Å². The van der Waals surface area contributed by atoms with Gasteiger partial charge in [0.25, 0.3) is 0 Å². The van der Waals surface area contributed by atoms with E-state index in [0.717, 1.165) is 26.1 Å². The van der Waals surface area contributed by atoms with Crippen LogP contribution in [0.2, 0.25) is 0 Å². The number of carbonyl (C=O) groups excluding carboxylic acids is 1. The van der Waals surface area contributed by atoms with Crippen LogP contribution in [-0.2, 0) is 4.79 Å². The first-order valence-electron chi connectivity index (χ1n) is 5.14. The lowest BCUT2D eigenvalue weighted by Crippen LogP contribution is -2.39. The highest BCUT2D eigenvalue weighted by Crippen LogP contribution is 2.16. The van der Waals surface area contributed by atoms with Gasteiger partial charge in [0, 0.05) is 25.6 Å². The smallest absolute Gasteiger partial charge is 0.222 e. The van der Waals surface area contributed by atoms with E-state index < -0.39 is 0 Å². The number of hydrogen-bond acceptors (Lipinski definition) is 2. The van der Waals surface area contributed by atoms with Crippen molar-refractivity contribution in [2.75, 3.05) is 19.6 Å². The molecule has 0 aliphatic carbocycles. The summed E-state index contributed by atoms with van der Waals surface area (Å²) in [7, 11) is 0. The van der Waals surface area contributed by atoms with Crippen molar-refractivity contribution in [2.24, 2.45) is 5.92 Å². The standard InChI is InChI=1S/C10H20N2O/c1-4-11-9(3)7-12-6-8(2)5-10(12)13/h8-9,11H,4-7H2,1-3H3. The third-order valence-electron chi connectivity index (χ3n) is 2.45. The summed E-state index contributed by atoms with van der Waals surface area (Å²) < 4.78 is 0. The molecule has 1 heterocycles. The van der Waals surface area contributed by atoms with Crippen molar-refractivity contribution in [2.45, 2.75) is 33.2 Å². The Balaban J connectivity index is 2.32. The molecule has 1 amide bonds. The summed E-state index contributed by atoms with van der Waals surface area (Å²) in [6.07, 6.45) is 0.735. The SMILES string of the molecule is CCNC(C)CN1CC(C)CC1=O. The molecule has 13 heavy (non-hydrogen) atoms. The van der Waals surface area contributed by atoms with Gasteiger partial charge in [-0.05, 0) is 19.4 Å². The van der Waals surface area contributed by atoms with Gasteiger partial charge in [0.05, 0.1) is 0 Å². The third-order valence-corrected chi connectivity index (χ3v) is 2.45. The minimum atomic E-state index is 0.317. The lowest BCUT2D eigenvalue weighted by Gasteiger charge is -2.21. The van der Waals surface area contributed by atoms with E-state index >= 15 is 0 Å². The molecule has 0 saturated carbocycles. The number of nitrogens with zero attached hydrogens (tertiary/aromatic N) is 1. The van der Waals surface area contributed by atoms with Gasteiger partial charge in [-0.1, -0.05) is 13.8 Å². The van der Waals surface area contributed by atoms with Crippen LogP contribution in [0.4, 0.5) is 0 Å². The van der Waals surface area contributed by atoms with Crippen molar-refractivity contribution >= 4 is 5.91 Å². The number of rotatable bonds is 4. The Morgan fingerprint density at radius 3 is 2.85 bits per heavy atom. The second-order valence-electron chi connectivity index (χ2n) is 4.07. The molecule has 0 aromatic rings. The average Bonchev–Trinajstić information content (AvgIpc) is 2.30. The van der Waals surface area contributed by atoms with Crippen LogP contribution in [0.25, 0.3) is 0 Å². The molecule has 1 saturated heterocycles.